The molecule has 1 aromatic heterocycles. The van der Waals surface area contributed by atoms with Gasteiger partial charge in [-0.2, -0.15) is 0 Å². The van der Waals surface area contributed by atoms with E-state index in [9.17, 15) is 0 Å². The van der Waals surface area contributed by atoms with Crippen molar-refractivity contribution < 1.29 is 9.15 Å². The summed E-state index contributed by atoms with van der Waals surface area (Å²) >= 11 is 0. The Hall–Kier alpha value is -9.12. The molecule has 4 nitrogen and oxygen atoms in total. The zero-order chi connectivity index (χ0) is 44.7. The highest BCUT2D eigenvalue weighted by Crippen LogP contribution is 2.54. The molecule has 0 saturated carbocycles. The molecule has 0 radical (unpaired) electrons. The number of anilines is 6. The number of hydrogen-bond acceptors (Lipinski definition) is 4. The molecule has 0 atom stereocenters. The molecule has 0 fully saturated rings. The van der Waals surface area contributed by atoms with Crippen LogP contribution in [0.1, 0.15) is 0 Å². The Bertz CT molecular complexity index is 4140. The van der Waals surface area contributed by atoms with Gasteiger partial charge in [-0.3, -0.25) is 0 Å². The van der Waals surface area contributed by atoms with Crippen LogP contribution in [0.3, 0.4) is 0 Å². The summed E-state index contributed by atoms with van der Waals surface area (Å²) < 4.78 is 13.8. The summed E-state index contributed by atoms with van der Waals surface area (Å²) in [6.07, 6.45) is 0. The summed E-state index contributed by atoms with van der Waals surface area (Å²) in [5.74, 6) is 1.64. The number of nitrogens with zero attached hydrogens (tertiary/aromatic N) is 2. The van der Waals surface area contributed by atoms with Gasteiger partial charge in [0.05, 0.1) is 22.7 Å². The van der Waals surface area contributed by atoms with Crippen molar-refractivity contribution in [2.24, 2.45) is 0 Å². The molecule has 14 rings (SSSR count). The first-order chi connectivity index (χ1) is 33.7. The molecule has 0 saturated heterocycles. The maximum Gasteiger partial charge on any atom is 0.159 e. The van der Waals surface area contributed by atoms with Gasteiger partial charge in [-0.15, -0.1) is 0 Å². The SMILES string of the molecule is c1ccc(-c2ccccc2N(c2ccc3c(c2)Oc2cccc4c2c-3cc2c3ccccc3c(N(c3ccccc3)c3ccc5ccccc5c3)cc42)c2cccc3c2oc2ccccc23)cc1. The van der Waals surface area contributed by atoms with Gasteiger partial charge in [-0.05, 0) is 116 Å². The lowest BCUT2D eigenvalue weighted by molar-refractivity contribution is 0.487. The van der Waals surface area contributed by atoms with Crippen molar-refractivity contribution in [1.82, 2.24) is 0 Å². The van der Waals surface area contributed by atoms with Gasteiger partial charge in [0.25, 0.3) is 0 Å². The van der Waals surface area contributed by atoms with E-state index in [0.717, 1.165) is 101 Å². The van der Waals surface area contributed by atoms with Crippen LogP contribution in [0.25, 0.3) is 87.3 Å². The zero-order valence-electron chi connectivity index (χ0n) is 36.8. The molecule has 0 aliphatic carbocycles. The second kappa shape index (κ2) is 15.2. The fourth-order valence-corrected chi connectivity index (χ4v) is 10.7. The molecule has 1 aliphatic rings. The Kier molecular flexibility index (Phi) is 8.55. The van der Waals surface area contributed by atoms with E-state index < -0.39 is 0 Å². The number of fused-ring (bicyclic) bond motifs is 10. The predicted octanol–water partition coefficient (Wildman–Crippen LogP) is 18.6. The smallest absolute Gasteiger partial charge is 0.159 e. The van der Waals surface area contributed by atoms with Crippen molar-refractivity contribution in [2.75, 3.05) is 9.80 Å². The van der Waals surface area contributed by atoms with Gasteiger partial charge in [0, 0.05) is 50.1 Å². The van der Waals surface area contributed by atoms with Crippen LogP contribution in [0.15, 0.2) is 247 Å². The molecule has 0 spiro atoms. The average molecular weight is 869 g/mol. The van der Waals surface area contributed by atoms with Gasteiger partial charge in [0.1, 0.15) is 17.1 Å². The lowest BCUT2D eigenvalue weighted by atomic mass is 9.88. The van der Waals surface area contributed by atoms with Gasteiger partial charge in [-0.25, -0.2) is 0 Å². The maximum absolute atomic E-state index is 7.10. The molecule has 0 amide bonds. The summed E-state index contributed by atoms with van der Waals surface area (Å²) in [6, 6.07) is 86.8. The minimum Gasteiger partial charge on any atom is -0.456 e. The highest BCUT2D eigenvalue weighted by Gasteiger charge is 2.28. The van der Waals surface area contributed by atoms with E-state index in [4.69, 9.17) is 9.15 Å². The highest BCUT2D eigenvalue weighted by molar-refractivity contribution is 6.26. The quantitative estimate of drug-likeness (QED) is 0.149. The molecule has 4 heteroatoms. The summed E-state index contributed by atoms with van der Waals surface area (Å²) in [6.45, 7) is 0. The van der Waals surface area contributed by atoms with Gasteiger partial charge in [0.2, 0.25) is 0 Å². The average Bonchev–Trinajstić information content (AvgIpc) is 3.79. The van der Waals surface area contributed by atoms with Crippen molar-refractivity contribution in [2.45, 2.75) is 0 Å². The molecule has 68 heavy (non-hydrogen) atoms. The van der Waals surface area contributed by atoms with Crippen molar-refractivity contribution >= 4 is 99.2 Å². The summed E-state index contributed by atoms with van der Waals surface area (Å²) in [4.78, 5) is 4.74. The van der Waals surface area contributed by atoms with Crippen LogP contribution in [0.4, 0.5) is 34.1 Å². The summed E-state index contributed by atoms with van der Waals surface area (Å²) in [7, 11) is 0. The van der Waals surface area contributed by atoms with E-state index in [-0.39, 0.29) is 0 Å². The Balaban J connectivity index is 0.981. The van der Waals surface area contributed by atoms with Crippen LogP contribution in [-0.4, -0.2) is 0 Å². The molecule has 0 bridgehead atoms. The molecule has 13 aromatic rings. The van der Waals surface area contributed by atoms with E-state index in [1.807, 2.05) is 12.1 Å². The molecule has 12 aromatic carbocycles. The highest BCUT2D eigenvalue weighted by atomic mass is 16.5. The topological polar surface area (TPSA) is 28.9 Å². The predicted molar refractivity (Wildman–Crippen MR) is 284 cm³/mol. The van der Waals surface area contributed by atoms with Crippen molar-refractivity contribution in [3.63, 3.8) is 0 Å². The Morgan fingerprint density at radius 3 is 1.82 bits per heavy atom. The van der Waals surface area contributed by atoms with Crippen LogP contribution >= 0.6 is 0 Å². The van der Waals surface area contributed by atoms with Crippen LogP contribution < -0.4 is 14.5 Å². The minimum absolute atomic E-state index is 0.799. The standard InChI is InChI=1S/C64H40N2O2/c1-3-18-42(19-4-1)47-23-11-13-29-57(47)66(58-30-15-28-53-50-26-12-14-31-60(50)68-64(53)58)46-35-36-51-56-39-54-48-24-9-10-25-49(48)59(40-55(54)52-27-16-32-61(63(52)56)67-62(51)38-46)65(44-21-5-2-6-22-44)45-34-33-41-17-7-8-20-43(41)37-45/h1-40H. The van der Waals surface area contributed by atoms with Gasteiger partial charge in [-0.1, -0.05) is 164 Å². The first-order valence-electron chi connectivity index (χ1n) is 23.2. The second-order valence-corrected chi connectivity index (χ2v) is 17.6. The van der Waals surface area contributed by atoms with E-state index in [2.05, 4.69) is 240 Å². The second-order valence-electron chi connectivity index (χ2n) is 17.6. The minimum atomic E-state index is 0.799. The number of rotatable bonds is 7. The molecule has 2 heterocycles. The summed E-state index contributed by atoms with van der Waals surface area (Å²) in [5.41, 5.74) is 12.4. The molecule has 318 valence electrons. The van der Waals surface area contributed by atoms with Gasteiger partial charge in [0.15, 0.2) is 5.58 Å². The largest absolute Gasteiger partial charge is 0.456 e. The van der Waals surface area contributed by atoms with Gasteiger partial charge < -0.3 is 19.0 Å². The molecular weight excluding hydrogens is 829 g/mol. The van der Waals surface area contributed by atoms with Crippen LogP contribution in [0.2, 0.25) is 0 Å². The number of para-hydroxylation sites is 4. The number of benzene rings is 12. The van der Waals surface area contributed by atoms with Crippen molar-refractivity contribution in [1.29, 1.82) is 0 Å². The Morgan fingerprint density at radius 1 is 0.294 bits per heavy atom. The third kappa shape index (κ3) is 5.94. The zero-order valence-corrected chi connectivity index (χ0v) is 36.8. The number of ether oxygens (including phenoxy) is 1. The number of furan rings is 1. The van der Waals surface area contributed by atoms with E-state index in [0.29, 0.717) is 0 Å². The Morgan fingerprint density at radius 2 is 0.941 bits per heavy atom. The fourth-order valence-electron chi connectivity index (χ4n) is 10.7. The monoisotopic (exact) mass is 868 g/mol. The van der Waals surface area contributed by atoms with Crippen molar-refractivity contribution in [3.8, 4) is 33.8 Å². The Labute approximate surface area is 392 Å². The third-order valence-electron chi connectivity index (χ3n) is 13.8. The van der Waals surface area contributed by atoms with Crippen LogP contribution in [0, 0.1) is 0 Å². The first-order valence-corrected chi connectivity index (χ1v) is 23.2. The van der Waals surface area contributed by atoms with Gasteiger partial charge >= 0.3 is 0 Å². The molecular formula is C64H40N2O2. The van der Waals surface area contributed by atoms with Crippen LogP contribution in [0.5, 0.6) is 11.5 Å². The fraction of sp³-hybridized carbons (Fsp3) is 0. The first kappa shape index (κ1) is 38.2. The van der Waals surface area contributed by atoms with E-state index in [1.54, 1.807) is 0 Å². The van der Waals surface area contributed by atoms with E-state index in [1.165, 1.54) is 32.3 Å². The number of hydrogen-bond donors (Lipinski definition) is 0. The third-order valence-corrected chi connectivity index (χ3v) is 13.8. The summed E-state index contributed by atoms with van der Waals surface area (Å²) in [5, 5.41) is 11.6. The molecule has 0 N–H and O–H groups in total. The normalized spacial score (nSPS) is 11.9. The molecule has 0 unspecified atom stereocenters. The van der Waals surface area contributed by atoms with Crippen molar-refractivity contribution in [3.05, 3.63) is 243 Å². The maximum atomic E-state index is 7.10. The molecule has 1 aliphatic heterocycles. The lowest BCUT2D eigenvalue weighted by Gasteiger charge is -2.30. The van der Waals surface area contributed by atoms with E-state index >= 15 is 0 Å². The van der Waals surface area contributed by atoms with Crippen LogP contribution in [-0.2, 0) is 0 Å². The lowest BCUT2D eigenvalue weighted by Crippen LogP contribution is -2.12.